The highest BCUT2D eigenvalue weighted by molar-refractivity contribution is 5.14. The van der Waals surface area contributed by atoms with Gasteiger partial charge in [-0.1, -0.05) is 0 Å². The lowest BCUT2D eigenvalue weighted by Crippen LogP contribution is -2.41. The highest BCUT2D eigenvalue weighted by Gasteiger charge is 2.39. The monoisotopic (exact) mass is 328 g/mol. The number of nitrogens with zero attached hydrogens (tertiary/aromatic N) is 4. The first-order valence-electron chi connectivity index (χ1n) is 7.36. The van der Waals surface area contributed by atoms with Crippen LogP contribution >= 0.6 is 0 Å². The summed E-state index contributed by atoms with van der Waals surface area (Å²) in [6.45, 7) is 0.292. The molecule has 3 heterocycles. The van der Waals surface area contributed by atoms with E-state index in [1.165, 1.54) is 0 Å². The molecule has 1 aliphatic rings. The fourth-order valence-electron chi connectivity index (χ4n) is 2.88. The van der Waals surface area contributed by atoms with E-state index < -0.39 is 29.8 Å². The molecule has 0 saturated carbocycles. The van der Waals surface area contributed by atoms with E-state index in [1.807, 2.05) is 16.9 Å². The molecule has 0 aromatic carbocycles. The highest BCUT2D eigenvalue weighted by Crippen LogP contribution is 2.31. The van der Waals surface area contributed by atoms with Crippen molar-refractivity contribution in [1.82, 2.24) is 19.7 Å². The molecule has 0 aliphatic carbocycles. The molecule has 0 atom stereocenters. The molecular weight excluding hydrogens is 312 g/mol. The van der Waals surface area contributed by atoms with Crippen molar-refractivity contribution in [3.05, 3.63) is 48.1 Å². The number of likely N-dealkylation sites (tertiary alicyclic amines) is 1. The Kier molecular flexibility index (Phi) is 4.34. The summed E-state index contributed by atoms with van der Waals surface area (Å²) in [7, 11) is 0. The lowest BCUT2D eigenvalue weighted by Gasteiger charge is -2.34. The Morgan fingerprint density at radius 3 is 2.57 bits per heavy atom. The molecule has 1 fully saturated rings. The second kappa shape index (κ2) is 6.27. The predicted molar refractivity (Wildman–Crippen MR) is 75.0 cm³/mol. The third kappa shape index (κ3) is 3.52. The number of alkyl halides is 2. The Bertz CT molecular complexity index is 652. The van der Waals surface area contributed by atoms with Crippen molar-refractivity contribution in [2.24, 2.45) is 0 Å². The largest absolute Gasteiger partial charge is 0.304 e. The van der Waals surface area contributed by atoms with Gasteiger partial charge in [0, 0.05) is 31.5 Å². The van der Waals surface area contributed by atoms with Gasteiger partial charge in [-0.2, -0.15) is 13.9 Å². The zero-order valence-electron chi connectivity index (χ0n) is 12.3. The van der Waals surface area contributed by atoms with Crippen molar-refractivity contribution in [3.8, 4) is 0 Å². The zero-order chi connectivity index (χ0) is 16.4. The van der Waals surface area contributed by atoms with Gasteiger partial charge in [0.1, 0.15) is 11.5 Å². The topological polar surface area (TPSA) is 34.0 Å². The maximum Gasteiger partial charge on any atom is 0.304 e. The molecule has 1 saturated heterocycles. The number of aromatic nitrogens is 3. The summed E-state index contributed by atoms with van der Waals surface area (Å²) >= 11 is 0. The molecule has 2 aromatic rings. The Morgan fingerprint density at radius 2 is 1.96 bits per heavy atom. The van der Waals surface area contributed by atoms with Crippen LogP contribution in [0.3, 0.4) is 0 Å². The van der Waals surface area contributed by atoms with Gasteiger partial charge in [0.15, 0.2) is 5.82 Å². The molecule has 0 spiro atoms. The van der Waals surface area contributed by atoms with Gasteiger partial charge in [-0.25, -0.2) is 13.8 Å². The highest BCUT2D eigenvalue weighted by atomic mass is 19.3. The van der Waals surface area contributed by atoms with Crippen molar-refractivity contribution in [1.29, 1.82) is 0 Å². The van der Waals surface area contributed by atoms with Gasteiger partial charge in [0.2, 0.25) is 0 Å². The third-order valence-corrected chi connectivity index (χ3v) is 4.03. The van der Waals surface area contributed by atoms with Crippen LogP contribution in [0.1, 0.15) is 24.6 Å². The van der Waals surface area contributed by atoms with Gasteiger partial charge < -0.3 is 0 Å². The Hall–Kier alpha value is -1.96. The van der Waals surface area contributed by atoms with E-state index in [0.29, 0.717) is 38.2 Å². The van der Waals surface area contributed by atoms with Crippen LogP contribution in [0.15, 0.2) is 30.7 Å². The number of pyridine rings is 1. The molecular formula is C15H16F4N4. The van der Waals surface area contributed by atoms with Gasteiger partial charge >= 0.3 is 5.92 Å². The Balaban J connectivity index is 1.63. The van der Waals surface area contributed by atoms with E-state index in [9.17, 15) is 17.6 Å². The van der Waals surface area contributed by atoms with E-state index in [2.05, 4.69) is 10.1 Å². The molecule has 124 valence electrons. The van der Waals surface area contributed by atoms with Gasteiger partial charge in [-0.05, 0) is 18.9 Å². The van der Waals surface area contributed by atoms with Gasteiger partial charge in [-0.15, -0.1) is 0 Å². The lowest BCUT2D eigenvalue weighted by molar-refractivity contribution is -0.0508. The average molecular weight is 328 g/mol. The van der Waals surface area contributed by atoms with E-state index in [0.717, 1.165) is 0 Å². The van der Waals surface area contributed by atoms with Gasteiger partial charge in [0.25, 0.3) is 0 Å². The van der Waals surface area contributed by atoms with E-state index in [1.54, 1.807) is 11.1 Å². The summed E-state index contributed by atoms with van der Waals surface area (Å²) in [4.78, 5) is 4.80. The summed E-state index contributed by atoms with van der Waals surface area (Å²) in [6.07, 6.45) is 5.53. The van der Waals surface area contributed by atoms with Crippen LogP contribution in [0, 0.1) is 11.6 Å². The third-order valence-electron chi connectivity index (χ3n) is 4.03. The van der Waals surface area contributed by atoms with Crippen LogP contribution in [0.5, 0.6) is 0 Å². The second-order valence-corrected chi connectivity index (χ2v) is 5.68. The number of hydrogen-bond donors (Lipinski definition) is 0. The molecule has 0 N–H and O–H groups in total. The molecule has 0 radical (unpaired) electrons. The summed E-state index contributed by atoms with van der Waals surface area (Å²) < 4.78 is 56.6. The minimum absolute atomic E-state index is 0.190. The summed E-state index contributed by atoms with van der Waals surface area (Å²) in [5, 5.41) is 4.16. The molecule has 1 aliphatic heterocycles. The zero-order valence-corrected chi connectivity index (χ0v) is 12.3. The van der Waals surface area contributed by atoms with E-state index in [4.69, 9.17) is 0 Å². The SMILES string of the molecule is Fc1cnc(C(F)(F)CN2CCC(n3cccn3)CC2)c(F)c1. The maximum absolute atomic E-state index is 14.2. The number of rotatable bonds is 4. The first-order valence-corrected chi connectivity index (χ1v) is 7.36. The van der Waals surface area contributed by atoms with Crippen molar-refractivity contribution in [3.63, 3.8) is 0 Å². The van der Waals surface area contributed by atoms with Crippen LogP contribution in [-0.4, -0.2) is 39.3 Å². The van der Waals surface area contributed by atoms with Crippen molar-refractivity contribution < 1.29 is 17.6 Å². The molecule has 0 amide bonds. The molecule has 8 heteroatoms. The van der Waals surface area contributed by atoms with Gasteiger partial charge in [-0.3, -0.25) is 9.58 Å². The van der Waals surface area contributed by atoms with Crippen LogP contribution in [0.4, 0.5) is 17.6 Å². The first kappa shape index (κ1) is 15.9. The Morgan fingerprint density at radius 1 is 1.22 bits per heavy atom. The standard InChI is InChI=1S/C15H16F4N4/c16-11-8-13(17)14(20-9-11)15(18,19)10-22-6-2-12(3-7-22)23-5-1-4-21-23/h1,4-5,8-9,12H,2-3,6-7,10H2. The quantitative estimate of drug-likeness (QED) is 0.809. The normalized spacial score (nSPS) is 17.6. The molecule has 0 unspecified atom stereocenters. The fraction of sp³-hybridized carbons (Fsp3) is 0.467. The number of halogens is 4. The summed E-state index contributed by atoms with van der Waals surface area (Å²) in [5.41, 5.74) is -1.01. The van der Waals surface area contributed by atoms with Gasteiger partial charge in [0.05, 0.1) is 18.8 Å². The van der Waals surface area contributed by atoms with Crippen molar-refractivity contribution in [2.75, 3.05) is 19.6 Å². The van der Waals surface area contributed by atoms with Crippen LogP contribution in [0.25, 0.3) is 0 Å². The molecule has 4 nitrogen and oxygen atoms in total. The minimum Gasteiger partial charge on any atom is -0.297 e. The fourth-order valence-corrected chi connectivity index (χ4v) is 2.88. The molecule has 3 rings (SSSR count). The molecule has 0 bridgehead atoms. The van der Waals surface area contributed by atoms with Crippen molar-refractivity contribution in [2.45, 2.75) is 24.8 Å². The van der Waals surface area contributed by atoms with Crippen molar-refractivity contribution >= 4 is 0 Å². The van der Waals surface area contributed by atoms with Crippen LogP contribution in [-0.2, 0) is 5.92 Å². The average Bonchev–Trinajstić information content (AvgIpc) is 3.01. The first-order chi connectivity index (χ1) is 11.0. The minimum atomic E-state index is -3.46. The van der Waals surface area contributed by atoms with Crippen LogP contribution in [0.2, 0.25) is 0 Å². The summed E-state index contributed by atoms with van der Waals surface area (Å²) in [6, 6.07) is 2.44. The van der Waals surface area contributed by atoms with E-state index in [-0.39, 0.29) is 6.04 Å². The number of hydrogen-bond acceptors (Lipinski definition) is 3. The summed E-state index contributed by atoms with van der Waals surface area (Å²) in [5.74, 6) is -5.75. The Labute approximate surface area is 130 Å². The molecule has 2 aromatic heterocycles. The lowest BCUT2D eigenvalue weighted by atomic mass is 10.0. The smallest absolute Gasteiger partial charge is 0.297 e. The van der Waals surface area contributed by atoms with E-state index >= 15 is 0 Å². The maximum atomic E-state index is 14.2. The second-order valence-electron chi connectivity index (χ2n) is 5.68. The number of piperidine rings is 1. The van der Waals surface area contributed by atoms with Crippen LogP contribution < -0.4 is 0 Å². The molecule has 23 heavy (non-hydrogen) atoms. The predicted octanol–water partition coefficient (Wildman–Crippen LogP) is 2.99.